The summed E-state index contributed by atoms with van der Waals surface area (Å²) in [6.07, 6.45) is 1.01. The molecule has 0 spiro atoms. The first-order chi connectivity index (χ1) is 13.7. The van der Waals surface area contributed by atoms with Gasteiger partial charge in [0, 0.05) is 17.3 Å². The highest BCUT2D eigenvalue weighted by molar-refractivity contribution is 5.86. The summed E-state index contributed by atoms with van der Waals surface area (Å²) in [6.45, 7) is 6.62. The van der Waals surface area contributed by atoms with E-state index >= 15 is 0 Å². The Labute approximate surface area is 166 Å². The topological polar surface area (TPSA) is 29.0 Å². The summed E-state index contributed by atoms with van der Waals surface area (Å²) in [5, 5.41) is 0. The number of nitrogens with zero attached hydrogens (tertiary/aromatic N) is 3. The van der Waals surface area contributed by atoms with Crippen molar-refractivity contribution in [1.82, 2.24) is 9.97 Å². The van der Waals surface area contributed by atoms with E-state index in [4.69, 9.17) is 9.97 Å². The predicted octanol–water partition coefficient (Wildman–Crippen LogP) is 6.54. The molecule has 140 valence electrons. The Kier molecular flexibility index (Phi) is 5.07. The molecule has 28 heavy (non-hydrogen) atoms. The number of para-hydroxylation sites is 3. The molecule has 0 fully saturated rings. The van der Waals surface area contributed by atoms with Crippen LogP contribution < -0.4 is 4.90 Å². The summed E-state index contributed by atoms with van der Waals surface area (Å²) in [4.78, 5) is 12.5. The van der Waals surface area contributed by atoms with Gasteiger partial charge in [-0.2, -0.15) is 0 Å². The van der Waals surface area contributed by atoms with Crippen molar-refractivity contribution in [1.29, 1.82) is 0 Å². The maximum absolute atomic E-state index is 5.10. The Morgan fingerprint density at radius 2 is 1.39 bits per heavy atom. The van der Waals surface area contributed by atoms with Gasteiger partial charge in [0.25, 0.3) is 0 Å². The minimum Gasteiger partial charge on any atom is -0.322 e. The van der Waals surface area contributed by atoms with Crippen LogP contribution in [0.3, 0.4) is 0 Å². The molecular weight excluding hydrogens is 342 g/mol. The molecule has 1 heterocycles. The molecule has 0 saturated carbocycles. The third-order valence-corrected chi connectivity index (χ3v) is 5.23. The maximum atomic E-state index is 5.10. The Morgan fingerprint density at radius 3 is 2.07 bits per heavy atom. The quantitative estimate of drug-likeness (QED) is 0.401. The van der Waals surface area contributed by atoms with E-state index in [1.54, 1.807) is 0 Å². The fraction of sp³-hybridized carbons (Fsp3) is 0.200. The average Bonchev–Trinajstić information content (AvgIpc) is 2.75. The van der Waals surface area contributed by atoms with Gasteiger partial charge in [-0.3, -0.25) is 0 Å². The number of benzene rings is 3. The van der Waals surface area contributed by atoms with Gasteiger partial charge in [0.15, 0.2) is 5.82 Å². The lowest BCUT2D eigenvalue weighted by atomic mass is 10.1. The molecule has 3 heteroatoms. The van der Waals surface area contributed by atoms with Gasteiger partial charge >= 0.3 is 0 Å². The molecule has 3 nitrogen and oxygen atoms in total. The monoisotopic (exact) mass is 367 g/mol. The predicted molar refractivity (Wildman–Crippen MR) is 118 cm³/mol. The molecule has 3 aromatic carbocycles. The van der Waals surface area contributed by atoms with Crippen LogP contribution in [-0.4, -0.2) is 16.0 Å². The lowest BCUT2D eigenvalue weighted by molar-refractivity contribution is 0.680. The average molecular weight is 367 g/mol. The minimum atomic E-state index is 0.291. The van der Waals surface area contributed by atoms with Gasteiger partial charge in [-0.05, 0) is 44.0 Å². The number of hydrogen-bond acceptors (Lipinski definition) is 3. The van der Waals surface area contributed by atoms with Crippen molar-refractivity contribution in [3.63, 3.8) is 0 Å². The molecule has 0 N–H and O–H groups in total. The van der Waals surface area contributed by atoms with Crippen LogP contribution in [0, 0.1) is 6.92 Å². The third-order valence-electron chi connectivity index (χ3n) is 5.23. The van der Waals surface area contributed by atoms with Crippen LogP contribution in [0.2, 0.25) is 0 Å². The summed E-state index contributed by atoms with van der Waals surface area (Å²) < 4.78 is 0. The summed E-state index contributed by atoms with van der Waals surface area (Å²) in [6, 6.07) is 27.2. The van der Waals surface area contributed by atoms with Crippen molar-refractivity contribution in [2.45, 2.75) is 33.2 Å². The van der Waals surface area contributed by atoms with Crippen molar-refractivity contribution in [2.24, 2.45) is 0 Å². The number of anilines is 2. The van der Waals surface area contributed by atoms with E-state index in [0.717, 1.165) is 34.5 Å². The standard InChI is InChI=1S/C25H25N3/c1-4-19(3)28(23-17-11-8-12-18(23)2)25-24(20-13-6-5-7-14-20)26-21-15-9-10-16-22(21)27-25/h5-17,19H,4H2,1-3H3. The smallest absolute Gasteiger partial charge is 0.160 e. The minimum absolute atomic E-state index is 0.291. The second kappa shape index (κ2) is 7.81. The van der Waals surface area contributed by atoms with Crippen LogP contribution in [-0.2, 0) is 0 Å². The number of hydrogen-bond donors (Lipinski definition) is 0. The van der Waals surface area contributed by atoms with E-state index in [-0.39, 0.29) is 0 Å². The van der Waals surface area contributed by atoms with Crippen LogP contribution >= 0.6 is 0 Å². The summed E-state index contributed by atoms with van der Waals surface area (Å²) in [7, 11) is 0. The molecule has 1 atom stereocenters. The number of fused-ring (bicyclic) bond motifs is 1. The Hall–Kier alpha value is -3.20. The zero-order valence-electron chi connectivity index (χ0n) is 16.6. The highest BCUT2D eigenvalue weighted by Crippen LogP contribution is 2.37. The highest BCUT2D eigenvalue weighted by Gasteiger charge is 2.23. The van der Waals surface area contributed by atoms with Crippen molar-refractivity contribution >= 4 is 22.5 Å². The SMILES string of the molecule is CCC(C)N(c1ccccc1C)c1nc2ccccc2nc1-c1ccccc1. The molecule has 0 amide bonds. The van der Waals surface area contributed by atoms with Crippen molar-refractivity contribution in [3.05, 3.63) is 84.4 Å². The van der Waals surface area contributed by atoms with Crippen LogP contribution in [0.5, 0.6) is 0 Å². The van der Waals surface area contributed by atoms with Gasteiger partial charge in [-0.25, -0.2) is 9.97 Å². The molecule has 0 aliphatic rings. The van der Waals surface area contributed by atoms with E-state index in [2.05, 4.69) is 74.2 Å². The lowest BCUT2D eigenvalue weighted by Crippen LogP contribution is -2.30. The second-order valence-corrected chi connectivity index (χ2v) is 7.16. The Balaban J connectivity index is 2.02. The van der Waals surface area contributed by atoms with Crippen molar-refractivity contribution in [2.75, 3.05) is 4.90 Å². The summed E-state index contributed by atoms with van der Waals surface area (Å²) in [5.41, 5.74) is 6.24. The largest absolute Gasteiger partial charge is 0.322 e. The van der Waals surface area contributed by atoms with Crippen LogP contribution in [0.4, 0.5) is 11.5 Å². The first-order valence-corrected chi connectivity index (χ1v) is 9.86. The van der Waals surface area contributed by atoms with E-state index in [0.29, 0.717) is 6.04 Å². The summed E-state index contributed by atoms with van der Waals surface area (Å²) >= 11 is 0. The van der Waals surface area contributed by atoms with Gasteiger partial charge in [-0.15, -0.1) is 0 Å². The number of rotatable bonds is 5. The molecule has 0 saturated heterocycles. The van der Waals surface area contributed by atoms with E-state index in [1.165, 1.54) is 11.3 Å². The first-order valence-electron chi connectivity index (χ1n) is 9.86. The fourth-order valence-corrected chi connectivity index (χ4v) is 3.52. The van der Waals surface area contributed by atoms with Gasteiger partial charge in [-0.1, -0.05) is 67.6 Å². The molecule has 4 aromatic rings. The molecule has 1 unspecified atom stereocenters. The Bertz CT molecular complexity index is 1090. The second-order valence-electron chi connectivity index (χ2n) is 7.16. The molecule has 0 aliphatic carbocycles. The summed E-state index contributed by atoms with van der Waals surface area (Å²) in [5.74, 6) is 0.911. The van der Waals surface area contributed by atoms with Crippen LogP contribution in [0.25, 0.3) is 22.3 Å². The maximum Gasteiger partial charge on any atom is 0.160 e. The lowest BCUT2D eigenvalue weighted by Gasteiger charge is -2.32. The fourth-order valence-electron chi connectivity index (χ4n) is 3.52. The van der Waals surface area contributed by atoms with Gasteiger partial charge in [0.1, 0.15) is 5.69 Å². The van der Waals surface area contributed by atoms with Crippen LogP contribution in [0.15, 0.2) is 78.9 Å². The zero-order chi connectivity index (χ0) is 19.5. The van der Waals surface area contributed by atoms with Gasteiger partial charge < -0.3 is 4.90 Å². The van der Waals surface area contributed by atoms with Crippen molar-refractivity contribution < 1.29 is 0 Å². The molecular formula is C25H25N3. The van der Waals surface area contributed by atoms with Crippen LogP contribution in [0.1, 0.15) is 25.8 Å². The molecule has 1 aromatic heterocycles. The first kappa shape index (κ1) is 18.2. The van der Waals surface area contributed by atoms with E-state index in [1.807, 2.05) is 30.3 Å². The van der Waals surface area contributed by atoms with E-state index < -0.39 is 0 Å². The molecule has 0 aliphatic heterocycles. The number of aryl methyl sites for hydroxylation is 1. The molecule has 4 rings (SSSR count). The van der Waals surface area contributed by atoms with Gasteiger partial charge in [0.05, 0.1) is 11.0 Å². The highest BCUT2D eigenvalue weighted by atomic mass is 15.2. The molecule has 0 radical (unpaired) electrons. The Morgan fingerprint density at radius 1 is 0.786 bits per heavy atom. The molecule has 0 bridgehead atoms. The normalized spacial score (nSPS) is 12.1. The number of aromatic nitrogens is 2. The third kappa shape index (κ3) is 3.36. The van der Waals surface area contributed by atoms with Gasteiger partial charge in [0.2, 0.25) is 0 Å². The van der Waals surface area contributed by atoms with E-state index in [9.17, 15) is 0 Å². The zero-order valence-corrected chi connectivity index (χ0v) is 16.6. The van der Waals surface area contributed by atoms with Crippen molar-refractivity contribution in [3.8, 4) is 11.3 Å².